The Morgan fingerprint density at radius 1 is 1.42 bits per heavy atom. The Balaban J connectivity index is 2.44. The molecule has 19 heavy (non-hydrogen) atoms. The highest BCUT2D eigenvalue weighted by molar-refractivity contribution is 6.00. The minimum atomic E-state index is -1.31. The van der Waals surface area contributed by atoms with Crippen molar-refractivity contribution in [2.45, 2.75) is 30.8 Å². The SMILES string of the molecule is COC(=O)C(C=O)(c1ccccc1)C1CC(C)(O)C1. The molecule has 1 aliphatic carbocycles. The summed E-state index contributed by atoms with van der Waals surface area (Å²) in [6, 6.07) is 8.89. The molecule has 0 amide bonds. The highest BCUT2D eigenvalue weighted by atomic mass is 16.5. The average Bonchev–Trinajstić information content (AvgIpc) is 2.39. The normalized spacial score (nSPS) is 28.9. The molecule has 1 aromatic rings. The lowest BCUT2D eigenvalue weighted by Gasteiger charge is -2.48. The summed E-state index contributed by atoms with van der Waals surface area (Å²) in [5, 5.41) is 9.88. The number of aldehydes is 1. The van der Waals surface area contributed by atoms with E-state index in [-0.39, 0.29) is 5.92 Å². The summed E-state index contributed by atoms with van der Waals surface area (Å²) >= 11 is 0. The van der Waals surface area contributed by atoms with E-state index >= 15 is 0 Å². The molecule has 4 nitrogen and oxygen atoms in total. The van der Waals surface area contributed by atoms with E-state index < -0.39 is 17.0 Å². The summed E-state index contributed by atoms with van der Waals surface area (Å²) in [5.41, 5.74) is -1.49. The quantitative estimate of drug-likeness (QED) is 0.507. The first-order valence-corrected chi connectivity index (χ1v) is 6.29. The van der Waals surface area contributed by atoms with Crippen LogP contribution in [-0.4, -0.2) is 30.1 Å². The van der Waals surface area contributed by atoms with Crippen molar-refractivity contribution in [3.8, 4) is 0 Å². The molecule has 4 heteroatoms. The lowest BCUT2D eigenvalue weighted by Crippen LogP contribution is -2.56. The molecule has 1 aromatic carbocycles. The number of aliphatic hydroxyl groups is 1. The molecule has 0 spiro atoms. The zero-order valence-electron chi connectivity index (χ0n) is 11.1. The third-order valence-corrected chi connectivity index (χ3v) is 3.98. The molecule has 0 bridgehead atoms. The minimum absolute atomic E-state index is 0.227. The van der Waals surface area contributed by atoms with E-state index in [4.69, 9.17) is 4.74 Å². The highest BCUT2D eigenvalue weighted by Crippen LogP contribution is 2.48. The lowest BCUT2D eigenvalue weighted by atomic mass is 9.57. The molecule has 102 valence electrons. The van der Waals surface area contributed by atoms with Gasteiger partial charge in [0.15, 0.2) is 5.41 Å². The van der Waals surface area contributed by atoms with Crippen LogP contribution in [0.3, 0.4) is 0 Å². The van der Waals surface area contributed by atoms with Gasteiger partial charge in [0.1, 0.15) is 6.29 Å². The van der Waals surface area contributed by atoms with E-state index in [1.54, 1.807) is 31.2 Å². The van der Waals surface area contributed by atoms with E-state index in [1.807, 2.05) is 6.07 Å². The molecule has 2 rings (SSSR count). The smallest absolute Gasteiger partial charge is 0.323 e. The maximum atomic E-state index is 12.2. The number of ether oxygens (including phenoxy) is 1. The van der Waals surface area contributed by atoms with Crippen molar-refractivity contribution < 1.29 is 19.4 Å². The van der Waals surface area contributed by atoms with Crippen LogP contribution in [0.5, 0.6) is 0 Å². The molecule has 0 aliphatic heterocycles. The van der Waals surface area contributed by atoms with Crippen LogP contribution in [0.2, 0.25) is 0 Å². The van der Waals surface area contributed by atoms with Gasteiger partial charge in [-0.15, -0.1) is 0 Å². The fourth-order valence-corrected chi connectivity index (χ4v) is 2.94. The van der Waals surface area contributed by atoms with Crippen LogP contribution in [-0.2, 0) is 19.7 Å². The van der Waals surface area contributed by atoms with Gasteiger partial charge in [-0.25, -0.2) is 0 Å². The first-order chi connectivity index (χ1) is 8.96. The Morgan fingerprint density at radius 3 is 2.42 bits per heavy atom. The molecule has 1 N–H and O–H groups in total. The standard InChI is InChI=1S/C15H18O4/c1-14(18)8-12(9-14)15(10-16,13(17)19-2)11-6-4-3-5-7-11/h3-7,10,12,18H,8-9H2,1-2H3. The van der Waals surface area contributed by atoms with Crippen LogP contribution in [0, 0.1) is 5.92 Å². The van der Waals surface area contributed by atoms with E-state index in [0.717, 1.165) is 0 Å². The summed E-state index contributed by atoms with van der Waals surface area (Å²) in [6.07, 6.45) is 1.49. The average molecular weight is 262 g/mol. The first kappa shape index (κ1) is 13.7. The maximum Gasteiger partial charge on any atom is 0.323 e. The Bertz CT molecular complexity index is 472. The van der Waals surface area contributed by atoms with Gasteiger partial charge >= 0.3 is 5.97 Å². The van der Waals surface area contributed by atoms with Crippen LogP contribution in [0.1, 0.15) is 25.3 Å². The van der Waals surface area contributed by atoms with Crippen molar-refractivity contribution in [1.82, 2.24) is 0 Å². The van der Waals surface area contributed by atoms with E-state index in [0.29, 0.717) is 24.7 Å². The van der Waals surface area contributed by atoms with Gasteiger partial charge in [0.2, 0.25) is 0 Å². The number of rotatable bonds is 4. The Labute approximate surface area is 112 Å². The third-order valence-electron chi connectivity index (χ3n) is 3.98. The summed E-state index contributed by atoms with van der Waals surface area (Å²) in [6.45, 7) is 1.71. The first-order valence-electron chi connectivity index (χ1n) is 6.29. The molecular weight excluding hydrogens is 244 g/mol. The van der Waals surface area contributed by atoms with Gasteiger partial charge in [-0.3, -0.25) is 4.79 Å². The predicted molar refractivity (Wildman–Crippen MR) is 69.5 cm³/mol. The van der Waals surface area contributed by atoms with Crippen molar-refractivity contribution in [2.75, 3.05) is 7.11 Å². The molecule has 1 atom stereocenters. The molecule has 0 heterocycles. The molecule has 1 unspecified atom stereocenters. The summed E-state index contributed by atoms with van der Waals surface area (Å²) in [7, 11) is 1.28. The second-order valence-corrected chi connectivity index (χ2v) is 5.45. The lowest BCUT2D eigenvalue weighted by molar-refractivity contribution is -0.160. The van der Waals surface area contributed by atoms with Gasteiger partial charge in [0.25, 0.3) is 0 Å². The molecule has 1 saturated carbocycles. The Morgan fingerprint density at radius 2 is 2.00 bits per heavy atom. The van der Waals surface area contributed by atoms with Gasteiger partial charge in [0, 0.05) is 0 Å². The van der Waals surface area contributed by atoms with E-state index in [9.17, 15) is 14.7 Å². The largest absolute Gasteiger partial charge is 0.468 e. The molecule has 0 saturated heterocycles. The van der Waals surface area contributed by atoms with E-state index in [2.05, 4.69) is 0 Å². The van der Waals surface area contributed by atoms with Gasteiger partial charge in [-0.05, 0) is 31.2 Å². The Kier molecular flexibility index (Phi) is 3.45. The van der Waals surface area contributed by atoms with Crippen LogP contribution in [0.4, 0.5) is 0 Å². The zero-order valence-corrected chi connectivity index (χ0v) is 11.1. The van der Waals surface area contributed by atoms with Gasteiger partial charge in [-0.2, -0.15) is 0 Å². The van der Waals surface area contributed by atoms with Gasteiger partial charge in [0.05, 0.1) is 12.7 Å². The van der Waals surface area contributed by atoms with Crippen molar-refractivity contribution in [3.05, 3.63) is 35.9 Å². The van der Waals surface area contributed by atoms with Crippen LogP contribution < -0.4 is 0 Å². The second-order valence-electron chi connectivity index (χ2n) is 5.45. The number of esters is 1. The van der Waals surface area contributed by atoms with Crippen molar-refractivity contribution in [3.63, 3.8) is 0 Å². The predicted octanol–water partition coefficient (Wildman–Crippen LogP) is 1.46. The maximum absolute atomic E-state index is 12.2. The summed E-state index contributed by atoms with van der Waals surface area (Å²) in [5.74, 6) is -0.788. The monoisotopic (exact) mass is 262 g/mol. The van der Waals surface area contributed by atoms with Crippen LogP contribution >= 0.6 is 0 Å². The fraction of sp³-hybridized carbons (Fsp3) is 0.467. The topological polar surface area (TPSA) is 63.6 Å². The molecular formula is C15H18O4. The minimum Gasteiger partial charge on any atom is -0.468 e. The van der Waals surface area contributed by atoms with Crippen molar-refractivity contribution >= 4 is 12.3 Å². The third kappa shape index (κ3) is 2.16. The zero-order chi connectivity index (χ0) is 14.1. The molecule has 1 aliphatic rings. The number of methoxy groups -OCH3 is 1. The second kappa shape index (κ2) is 4.78. The molecule has 0 radical (unpaired) electrons. The van der Waals surface area contributed by atoms with Crippen LogP contribution in [0.25, 0.3) is 0 Å². The summed E-state index contributed by atoms with van der Waals surface area (Å²) in [4.78, 5) is 23.9. The molecule has 0 aromatic heterocycles. The molecule has 1 fully saturated rings. The van der Waals surface area contributed by atoms with Crippen molar-refractivity contribution in [1.29, 1.82) is 0 Å². The Hall–Kier alpha value is -1.68. The highest BCUT2D eigenvalue weighted by Gasteiger charge is 2.56. The van der Waals surface area contributed by atoms with Crippen molar-refractivity contribution in [2.24, 2.45) is 5.92 Å². The number of benzene rings is 1. The van der Waals surface area contributed by atoms with Gasteiger partial charge in [-0.1, -0.05) is 30.3 Å². The van der Waals surface area contributed by atoms with Gasteiger partial charge < -0.3 is 14.6 Å². The number of carbonyl (C=O) groups is 2. The fourth-order valence-electron chi connectivity index (χ4n) is 2.94. The van der Waals surface area contributed by atoms with Crippen LogP contribution in [0.15, 0.2) is 30.3 Å². The van der Waals surface area contributed by atoms with E-state index in [1.165, 1.54) is 7.11 Å². The number of hydrogen-bond donors (Lipinski definition) is 1. The number of hydrogen-bond acceptors (Lipinski definition) is 4. The number of carbonyl (C=O) groups excluding carboxylic acids is 2. The summed E-state index contributed by atoms with van der Waals surface area (Å²) < 4.78 is 4.83.